The monoisotopic (exact) mass is 608 g/mol. The zero-order valence-electron chi connectivity index (χ0n) is 22.9. The van der Waals surface area contributed by atoms with Gasteiger partial charge in [0.1, 0.15) is 64.9 Å². The highest BCUT2D eigenvalue weighted by atomic mass is 16.8. The van der Waals surface area contributed by atoms with E-state index >= 15 is 0 Å². The minimum atomic E-state index is -1.77. The molecule has 234 valence electrons. The molecule has 3 aromatic rings. The normalized spacial score (nSPS) is 32.9. The molecule has 0 amide bonds. The molecule has 2 fully saturated rings. The number of phenols is 2. The highest BCUT2D eigenvalue weighted by Crippen LogP contribution is 2.36. The van der Waals surface area contributed by atoms with Crippen LogP contribution in [0.2, 0.25) is 0 Å². The Morgan fingerprint density at radius 1 is 0.837 bits per heavy atom. The lowest BCUT2D eigenvalue weighted by atomic mass is 9.97. The Morgan fingerprint density at radius 2 is 1.58 bits per heavy atom. The molecule has 15 heteroatoms. The van der Waals surface area contributed by atoms with Crippen LogP contribution in [-0.4, -0.2) is 116 Å². The summed E-state index contributed by atoms with van der Waals surface area (Å²) < 4.78 is 33.5. The Bertz CT molecular complexity index is 1510. The fourth-order valence-electron chi connectivity index (χ4n) is 5.01. The fourth-order valence-corrected chi connectivity index (χ4v) is 5.01. The summed E-state index contributed by atoms with van der Waals surface area (Å²) in [5, 5.41) is 82.2. The van der Waals surface area contributed by atoms with Crippen LogP contribution in [0.15, 0.2) is 45.6 Å². The molecule has 0 bridgehead atoms. The van der Waals surface area contributed by atoms with Gasteiger partial charge in [-0.3, -0.25) is 4.79 Å². The summed E-state index contributed by atoms with van der Waals surface area (Å²) in [6.07, 6.45) is -15.4. The second-order valence-electron chi connectivity index (χ2n) is 10.3. The van der Waals surface area contributed by atoms with Crippen LogP contribution < -0.4 is 14.9 Å². The summed E-state index contributed by atoms with van der Waals surface area (Å²) in [5.41, 5.74) is -0.414. The van der Waals surface area contributed by atoms with E-state index in [1.54, 1.807) is 6.07 Å². The van der Waals surface area contributed by atoms with E-state index in [4.69, 9.17) is 28.1 Å². The Labute approximate surface area is 243 Å². The zero-order chi connectivity index (χ0) is 31.2. The van der Waals surface area contributed by atoms with Gasteiger partial charge in [-0.05, 0) is 25.1 Å². The van der Waals surface area contributed by atoms with Crippen molar-refractivity contribution < 1.29 is 69.0 Å². The molecule has 2 aromatic carbocycles. The molecular weight excluding hydrogens is 576 g/mol. The number of aliphatic hydroxyl groups excluding tert-OH is 6. The van der Waals surface area contributed by atoms with Crippen molar-refractivity contribution in [2.45, 2.75) is 68.3 Å². The molecule has 3 unspecified atom stereocenters. The van der Waals surface area contributed by atoms with Crippen LogP contribution in [0, 0.1) is 0 Å². The lowest BCUT2D eigenvalue weighted by molar-refractivity contribution is -0.354. The average Bonchev–Trinajstić information content (AvgIpc) is 2.97. The first-order valence-corrected chi connectivity index (χ1v) is 13.3. The van der Waals surface area contributed by atoms with Crippen LogP contribution in [-0.2, 0) is 14.2 Å². The fraction of sp³-hybridized carbons (Fsp3) is 0.464. The number of aliphatic hydroxyl groups is 6. The summed E-state index contributed by atoms with van der Waals surface area (Å²) >= 11 is 0. The van der Waals surface area contributed by atoms with Crippen molar-refractivity contribution in [2.24, 2.45) is 0 Å². The summed E-state index contributed by atoms with van der Waals surface area (Å²) in [5.74, 6) is -0.653. The third-order valence-corrected chi connectivity index (χ3v) is 7.42. The number of methoxy groups -OCH3 is 1. The molecule has 0 aliphatic carbocycles. The Kier molecular flexibility index (Phi) is 8.80. The van der Waals surface area contributed by atoms with Crippen molar-refractivity contribution in [1.82, 2.24) is 0 Å². The topological polar surface area (TPSA) is 238 Å². The average molecular weight is 609 g/mol. The quantitative estimate of drug-likeness (QED) is 0.159. The second kappa shape index (κ2) is 12.2. The Morgan fingerprint density at radius 3 is 2.26 bits per heavy atom. The molecule has 0 radical (unpaired) electrons. The summed E-state index contributed by atoms with van der Waals surface area (Å²) in [6, 6.07) is 7.77. The summed E-state index contributed by atoms with van der Waals surface area (Å²) in [6.45, 7) is 0.687. The number of ether oxygens (including phenoxy) is 5. The van der Waals surface area contributed by atoms with Crippen molar-refractivity contribution in [3.8, 4) is 34.3 Å². The van der Waals surface area contributed by atoms with E-state index in [1.165, 1.54) is 32.2 Å². The van der Waals surface area contributed by atoms with Gasteiger partial charge in [-0.2, -0.15) is 0 Å². The lowest BCUT2D eigenvalue weighted by Gasteiger charge is -2.45. The molecule has 3 heterocycles. The van der Waals surface area contributed by atoms with E-state index in [1.807, 2.05) is 0 Å². The van der Waals surface area contributed by atoms with E-state index in [9.17, 15) is 45.6 Å². The largest absolute Gasteiger partial charge is 0.507 e. The number of benzene rings is 2. The highest BCUT2D eigenvalue weighted by Gasteiger charge is 2.50. The van der Waals surface area contributed by atoms with E-state index < -0.39 is 79.2 Å². The Hall–Kier alpha value is -3.51. The predicted molar refractivity (Wildman–Crippen MR) is 143 cm³/mol. The molecule has 0 spiro atoms. The van der Waals surface area contributed by atoms with Crippen LogP contribution in [0.3, 0.4) is 0 Å². The molecular formula is C28H32O15. The molecule has 2 aliphatic heterocycles. The Balaban J connectivity index is 1.48. The maximum absolute atomic E-state index is 12.9. The van der Waals surface area contributed by atoms with Crippen LogP contribution in [0.4, 0.5) is 0 Å². The number of aromatic hydroxyl groups is 2. The maximum Gasteiger partial charge on any atom is 0.229 e. The van der Waals surface area contributed by atoms with Gasteiger partial charge in [0.25, 0.3) is 0 Å². The third-order valence-electron chi connectivity index (χ3n) is 7.42. The minimum absolute atomic E-state index is 0.0410. The predicted octanol–water partition coefficient (Wildman–Crippen LogP) is -1.09. The molecule has 2 aliphatic rings. The van der Waals surface area contributed by atoms with Crippen LogP contribution in [0.25, 0.3) is 22.3 Å². The first-order chi connectivity index (χ1) is 20.4. The number of rotatable bonds is 7. The molecule has 2 saturated heterocycles. The standard InChI is InChI=1S/C28H32O15/c1-10-21(33)23(35)25(37)27(39-10)43-26-24(36)22(34)19(9-29)42-28(26)40-12-6-14(31)20-15(32)8-17(41-18(20)7-12)11-3-4-16(38-2)13(30)5-11/h3-8,10,19,21-31,33-37H,9H2,1-2H3/t10-,19+,21-,22+,23?,24-,25+,26?,27-,28?/m0/s1. The van der Waals surface area contributed by atoms with E-state index in [0.717, 1.165) is 12.1 Å². The van der Waals surface area contributed by atoms with E-state index in [-0.39, 0.29) is 34.0 Å². The molecule has 8 N–H and O–H groups in total. The SMILES string of the molecule is COc1ccc(-c2cc(=O)c3c(O)cc(OC4O[C@H](CO)[C@@H](O)[C@H](O)C4O[C@@H]4O[C@@H](C)[C@H](O)C(O)[C@H]4O)cc3o2)cc1O. The molecule has 5 rings (SSSR count). The zero-order valence-corrected chi connectivity index (χ0v) is 22.9. The maximum atomic E-state index is 12.9. The molecule has 0 saturated carbocycles. The van der Waals surface area contributed by atoms with Crippen molar-refractivity contribution in [1.29, 1.82) is 0 Å². The van der Waals surface area contributed by atoms with E-state index in [2.05, 4.69) is 0 Å². The van der Waals surface area contributed by atoms with Gasteiger partial charge in [0.2, 0.25) is 6.29 Å². The van der Waals surface area contributed by atoms with E-state index in [0.29, 0.717) is 5.56 Å². The number of hydrogen-bond donors (Lipinski definition) is 8. The third kappa shape index (κ3) is 5.86. The van der Waals surface area contributed by atoms with Crippen LogP contribution >= 0.6 is 0 Å². The number of phenolic OH excluding ortho intramolecular Hbond substituents is 2. The van der Waals surface area contributed by atoms with Gasteiger partial charge in [-0.15, -0.1) is 0 Å². The van der Waals surface area contributed by atoms with Crippen LogP contribution in [0.1, 0.15) is 6.92 Å². The lowest BCUT2D eigenvalue weighted by Crippen LogP contribution is -2.64. The summed E-state index contributed by atoms with van der Waals surface area (Å²) in [4.78, 5) is 12.9. The van der Waals surface area contributed by atoms with Gasteiger partial charge in [-0.25, -0.2) is 0 Å². The molecule has 10 atom stereocenters. The first-order valence-electron chi connectivity index (χ1n) is 13.3. The smallest absolute Gasteiger partial charge is 0.229 e. The van der Waals surface area contributed by atoms with Crippen molar-refractivity contribution in [3.05, 3.63) is 46.6 Å². The molecule has 43 heavy (non-hydrogen) atoms. The molecule has 1 aromatic heterocycles. The van der Waals surface area contributed by atoms with Gasteiger partial charge >= 0.3 is 0 Å². The number of fused-ring (bicyclic) bond motifs is 1. The minimum Gasteiger partial charge on any atom is -0.507 e. The van der Waals surface area contributed by atoms with Gasteiger partial charge in [0, 0.05) is 23.8 Å². The first kappa shape index (κ1) is 30.9. The van der Waals surface area contributed by atoms with Crippen LogP contribution in [0.5, 0.6) is 23.0 Å². The van der Waals surface area contributed by atoms with Gasteiger partial charge in [0.05, 0.1) is 19.8 Å². The summed E-state index contributed by atoms with van der Waals surface area (Å²) in [7, 11) is 1.38. The second-order valence-corrected chi connectivity index (χ2v) is 10.3. The van der Waals surface area contributed by atoms with Crippen molar-refractivity contribution in [2.75, 3.05) is 13.7 Å². The number of hydrogen-bond acceptors (Lipinski definition) is 15. The molecule has 15 nitrogen and oxygen atoms in total. The van der Waals surface area contributed by atoms with Crippen molar-refractivity contribution in [3.63, 3.8) is 0 Å². The van der Waals surface area contributed by atoms with Gasteiger partial charge in [-0.1, -0.05) is 0 Å². The highest BCUT2D eigenvalue weighted by molar-refractivity contribution is 5.86. The van der Waals surface area contributed by atoms with Crippen molar-refractivity contribution >= 4 is 11.0 Å². The van der Waals surface area contributed by atoms with Gasteiger partial charge in [0.15, 0.2) is 29.3 Å². The van der Waals surface area contributed by atoms with Gasteiger partial charge < -0.3 is 69.0 Å².